The van der Waals surface area contributed by atoms with Gasteiger partial charge in [-0.2, -0.15) is 0 Å². The van der Waals surface area contributed by atoms with Gasteiger partial charge in [-0.05, 0) is 30.5 Å². The first-order chi connectivity index (χ1) is 13.5. The fourth-order valence-corrected chi connectivity index (χ4v) is 4.82. The third-order valence-electron chi connectivity index (χ3n) is 6.11. The molecular formula is C22H27NO5. The van der Waals surface area contributed by atoms with Gasteiger partial charge in [0.15, 0.2) is 0 Å². The van der Waals surface area contributed by atoms with Crippen LogP contribution >= 0.6 is 0 Å². The van der Waals surface area contributed by atoms with E-state index in [0.717, 1.165) is 24.2 Å². The van der Waals surface area contributed by atoms with E-state index >= 15 is 0 Å². The second-order valence-electron chi connectivity index (χ2n) is 7.73. The molecule has 1 aromatic carbocycles. The number of hydrogen-bond acceptors (Lipinski definition) is 5. The number of methoxy groups -OCH3 is 1. The molecule has 1 amide bonds. The van der Waals surface area contributed by atoms with Gasteiger partial charge < -0.3 is 19.1 Å². The van der Waals surface area contributed by atoms with Crippen molar-refractivity contribution in [1.29, 1.82) is 0 Å². The van der Waals surface area contributed by atoms with Gasteiger partial charge in [0.05, 0.1) is 38.3 Å². The van der Waals surface area contributed by atoms with Gasteiger partial charge in [-0.15, -0.1) is 0 Å². The Morgan fingerprint density at radius 2 is 2.07 bits per heavy atom. The molecular weight excluding hydrogens is 358 g/mol. The quantitative estimate of drug-likeness (QED) is 0.533. The molecule has 5 unspecified atom stereocenters. The van der Waals surface area contributed by atoms with Gasteiger partial charge in [0.25, 0.3) is 0 Å². The molecule has 3 heterocycles. The molecule has 4 rings (SSSR count). The molecule has 6 nitrogen and oxygen atoms in total. The summed E-state index contributed by atoms with van der Waals surface area (Å²) in [5.74, 6) is -0.615. The van der Waals surface area contributed by atoms with E-state index < -0.39 is 17.4 Å². The molecule has 28 heavy (non-hydrogen) atoms. The van der Waals surface area contributed by atoms with Gasteiger partial charge in [-0.1, -0.05) is 38.1 Å². The van der Waals surface area contributed by atoms with E-state index in [-0.39, 0.29) is 24.0 Å². The van der Waals surface area contributed by atoms with Gasteiger partial charge in [0.1, 0.15) is 17.3 Å². The Hall–Kier alpha value is -2.34. The molecule has 1 spiro atoms. The minimum absolute atomic E-state index is 0.0204. The summed E-state index contributed by atoms with van der Waals surface area (Å²) >= 11 is 0. The lowest BCUT2D eigenvalue weighted by atomic mass is 9.77. The first-order valence-corrected chi connectivity index (χ1v) is 10.0. The summed E-state index contributed by atoms with van der Waals surface area (Å²) in [5, 5.41) is 0. The Balaban J connectivity index is 1.60. The van der Waals surface area contributed by atoms with Crippen molar-refractivity contribution in [1.82, 2.24) is 4.90 Å². The summed E-state index contributed by atoms with van der Waals surface area (Å²) in [7, 11) is 1.63. The van der Waals surface area contributed by atoms with E-state index in [0.29, 0.717) is 13.2 Å². The van der Waals surface area contributed by atoms with Gasteiger partial charge >= 0.3 is 5.97 Å². The van der Waals surface area contributed by atoms with Crippen LogP contribution in [0.4, 0.5) is 0 Å². The molecule has 2 fully saturated rings. The SMILES string of the molecule is CCCOC(=O)C1C2C=CC3(CN(C(CC)c4ccc(OC)cc4)C(=O)C13)O2. The fraction of sp³-hybridized carbons (Fsp3) is 0.545. The van der Waals surface area contributed by atoms with Gasteiger partial charge in [-0.3, -0.25) is 9.59 Å². The van der Waals surface area contributed by atoms with Crippen molar-refractivity contribution in [3.63, 3.8) is 0 Å². The number of fused-ring (bicyclic) bond motifs is 1. The molecule has 1 aromatic rings. The number of ether oxygens (including phenoxy) is 3. The molecule has 2 bridgehead atoms. The van der Waals surface area contributed by atoms with Crippen LogP contribution in [-0.4, -0.2) is 48.7 Å². The monoisotopic (exact) mass is 385 g/mol. The molecule has 0 saturated carbocycles. The highest BCUT2D eigenvalue weighted by Gasteiger charge is 2.67. The molecule has 0 radical (unpaired) electrons. The summed E-state index contributed by atoms with van der Waals surface area (Å²) < 4.78 is 16.8. The topological polar surface area (TPSA) is 65.1 Å². The van der Waals surface area contributed by atoms with E-state index in [4.69, 9.17) is 14.2 Å². The van der Waals surface area contributed by atoms with E-state index in [9.17, 15) is 9.59 Å². The molecule has 6 heteroatoms. The summed E-state index contributed by atoms with van der Waals surface area (Å²) in [5.41, 5.74) is 0.342. The minimum Gasteiger partial charge on any atom is -0.497 e. The number of nitrogens with zero attached hydrogens (tertiary/aromatic N) is 1. The maximum Gasteiger partial charge on any atom is 0.312 e. The van der Waals surface area contributed by atoms with Crippen molar-refractivity contribution < 1.29 is 23.8 Å². The number of rotatable bonds is 7. The largest absolute Gasteiger partial charge is 0.497 e. The molecule has 3 aliphatic heterocycles. The predicted molar refractivity (Wildman–Crippen MR) is 103 cm³/mol. The highest BCUT2D eigenvalue weighted by atomic mass is 16.6. The van der Waals surface area contributed by atoms with Crippen molar-refractivity contribution in [2.75, 3.05) is 20.3 Å². The normalized spacial score (nSPS) is 31.2. The van der Waals surface area contributed by atoms with Crippen molar-refractivity contribution in [3.8, 4) is 5.75 Å². The zero-order chi connectivity index (χ0) is 19.9. The molecule has 0 aliphatic carbocycles. The maximum absolute atomic E-state index is 13.4. The lowest BCUT2D eigenvalue weighted by Gasteiger charge is -2.30. The highest BCUT2D eigenvalue weighted by molar-refractivity contribution is 5.91. The molecule has 0 aromatic heterocycles. The van der Waals surface area contributed by atoms with Gasteiger partial charge in [0, 0.05) is 0 Å². The van der Waals surface area contributed by atoms with Gasteiger partial charge in [0.2, 0.25) is 5.91 Å². The standard InChI is InChI=1S/C22H27NO5/c1-4-12-27-21(25)18-17-10-11-22(28-17)13-23(20(24)19(18)22)16(5-2)14-6-8-15(26-3)9-7-14/h6-11,16-19H,4-5,12-13H2,1-3H3. The smallest absolute Gasteiger partial charge is 0.312 e. The molecule has 2 saturated heterocycles. The summed E-state index contributed by atoms with van der Waals surface area (Å²) in [6.07, 6.45) is 5.07. The highest BCUT2D eigenvalue weighted by Crippen LogP contribution is 2.53. The number of carbonyl (C=O) groups is 2. The van der Waals surface area contributed by atoms with Crippen LogP contribution in [0.15, 0.2) is 36.4 Å². The lowest BCUT2D eigenvalue weighted by Crippen LogP contribution is -2.40. The van der Waals surface area contributed by atoms with Crippen LogP contribution in [0.1, 0.15) is 38.3 Å². The van der Waals surface area contributed by atoms with Crippen LogP contribution < -0.4 is 4.74 Å². The summed E-state index contributed by atoms with van der Waals surface area (Å²) in [6.45, 7) is 4.85. The van der Waals surface area contributed by atoms with Crippen molar-refractivity contribution in [2.24, 2.45) is 11.8 Å². The third kappa shape index (κ3) is 2.82. The van der Waals surface area contributed by atoms with Crippen molar-refractivity contribution >= 4 is 11.9 Å². The summed E-state index contributed by atoms with van der Waals surface area (Å²) in [6, 6.07) is 7.73. The van der Waals surface area contributed by atoms with Crippen LogP contribution in [0, 0.1) is 11.8 Å². The first-order valence-electron chi connectivity index (χ1n) is 10.0. The fourth-order valence-electron chi connectivity index (χ4n) is 4.82. The van der Waals surface area contributed by atoms with E-state index in [2.05, 4.69) is 6.92 Å². The van der Waals surface area contributed by atoms with Gasteiger partial charge in [-0.25, -0.2) is 0 Å². The lowest BCUT2D eigenvalue weighted by molar-refractivity contribution is -0.154. The second kappa shape index (κ2) is 7.24. The first kappa shape index (κ1) is 19.0. The maximum atomic E-state index is 13.4. The Morgan fingerprint density at radius 1 is 1.32 bits per heavy atom. The van der Waals surface area contributed by atoms with Crippen molar-refractivity contribution in [2.45, 2.75) is 44.4 Å². The Kier molecular flexibility index (Phi) is 4.91. The zero-order valence-electron chi connectivity index (χ0n) is 16.6. The Bertz CT molecular complexity index is 789. The number of esters is 1. The van der Waals surface area contributed by atoms with Crippen LogP contribution in [0.3, 0.4) is 0 Å². The number of hydrogen-bond donors (Lipinski definition) is 0. The number of carbonyl (C=O) groups excluding carboxylic acids is 2. The zero-order valence-corrected chi connectivity index (χ0v) is 16.6. The van der Waals surface area contributed by atoms with Crippen LogP contribution in [0.25, 0.3) is 0 Å². The average Bonchev–Trinajstić information content (AvgIpc) is 3.36. The van der Waals surface area contributed by atoms with Crippen LogP contribution in [-0.2, 0) is 19.1 Å². The van der Waals surface area contributed by atoms with Crippen molar-refractivity contribution in [3.05, 3.63) is 42.0 Å². The molecule has 0 N–H and O–H groups in total. The molecule has 5 atom stereocenters. The summed E-state index contributed by atoms with van der Waals surface area (Å²) in [4.78, 5) is 28.0. The number of likely N-dealkylation sites (tertiary alicyclic amines) is 1. The molecule has 150 valence electrons. The predicted octanol–water partition coefficient (Wildman–Crippen LogP) is 2.88. The second-order valence-corrected chi connectivity index (χ2v) is 7.73. The molecule has 3 aliphatic rings. The third-order valence-corrected chi connectivity index (χ3v) is 6.11. The number of benzene rings is 1. The Morgan fingerprint density at radius 3 is 2.71 bits per heavy atom. The van der Waals surface area contributed by atoms with E-state index in [1.165, 1.54) is 0 Å². The average molecular weight is 385 g/mol. The Labute approximate surface area is 165 Å². The van der Waals surface area contributed by atoms with Crippen LogP contribution in [0.5, 0.6) is 5.75 Å². The minimum atomic E-state index is -0.711. The van der Waals surface area contributed by atoms with E-state index in [1.54, 1.807) is 7.11 Å². The van der Waals surface area contributed by atoms with E-state index in [1.807, 2.05) is 48.2 Å². The van der Waals surface area contributed by atoms with Crippen LogP contribution in [0.2, 0.25) is 0 Å². The number of amides is 1.